The van der Waals surface area contributed by atoms with E-state index in [-0.39, 0.29) is 24.1 Å². The fourth-order valence-electron chi connectivity index (χ4n) is 3.03. The summed E-state index contributed by atoms with van der Waals surface area (Å²) in [5, 5.41) is 15.3. The highest BCUT2D eigenvalue weighted by Crippen LogP contribution is 2.29. The number of methoxy groups -OCH3 is 1. The minimum absolute atomic E-state index is 0.0634. The van der Waals surface area contributed by atoms with Crippen LogP contribution in [0.15, 0.2) is 54.7 Å². The molecule has 1 heterocycles. The topological polar surface area (TPSA) is 138 Å². The zero-order chi connectivity index (χ0) is 25.4. The van der Waals surface area contributed by atoms with Crippen molar-refractivity contribution in [2.75, 3.05) is 25.6 Å². The lowest BCUT2D eigenvalue weighted by Gasteiger charge is -2.16. The summed E-state index contributed by atoms with van der Waals surface area (Å²) >= 11 is 0. The number of carbonyl (C=O) groups is 3. The molecule has 0 saturated heterocycles. The first kappa shape index (κ1) is 25.2. The average Bonchev–Trinajstić information content (AvgIpc) is 3.28. The van der Waals surface area contributed by atoms with Crippen molar-refractivity contribution in [1.29, 1.82) is 0 Å². The van der Waals surface area contributed by atoms with Gasteiger partial charge >= 0.3 is 12.1 Å². The van der Waals surface area contributed by atoms with Gasteiger partial charge in [-0.3, -0.25) is 4.79 Å². The van der Waals surface area contributed by atoms with Gasteiger partial charge in [-0.25, -0.2) is 9.59 Å². The number of anilines is 1. The van der Waals surface area contributed by atoms with Crippen LogP contribution in [0.3, 0.4) is 0 Å². The number of nitrogens with one attached hydrogen (secondary N) is 1. The van der Waals surface area contributed by atoms with Gasteiger partial charge in [-0.05, 0) is 50.2 Å². The number of nitrogens with zero attached hydrogens (tertiary/aromatic N) is 2. The van der Waals surface area contributed by atoms with Crippen molar-refractivity contribution in [1.82, 2.24) is 9.78 Å². The van der Waals surface area contributed by atoms with E-state index in [4.69, 9.17) is 24.1 Å². The van der Waals surface area contributed by atoms with Crippen LogP contribution in [0, 0.1) is 0 Å². The molecule has 0 bridgehead atoms. The number of ether oxygens (including phenoxy) is 4. The van der Waals surface area contributed by atoms with E-state index in [0.717, 1.165) is 0 Å². The SMILES string of the molecule is CCOC(=O)c1ccc(Oc2cc(O[C@@H](C)COC)cc(C(=O)Nc3ccn(C(=O)O)n3)c2)cc1. The standard InChI is InChI=1S/C24H25N3O8/c1-4-33-23(29)16-5-7-18(8-6-16)35-20-12-17(11-19(13-20)34-15(2)14-32-3)22(28)25-21-9-10-27(26-21)24(30)31/h5-13,15H,4,14H2,1-3H3,(H,30,31)(H,25,26,28)/t15-/m0/s1. The predicted molar refractivity (Wildman–Crippen MR) is 124 cm³/mol. The third-order valence-electron chi connectivity index (χ3n) is 4.51. The van der Waals surface area contributed by atoms with E-state index in [0.29, 0.717) is 34.1 Å². The second-order valence-corrected chi connectivity index (χ2v) is 7.31. The summed E-state index contributed by atoms with van der Waals surface area (Å²) in [5.74, 6) is 0.160. The summed E-state index contributed by atoms with van der Waals surface area (Å²) in [5.41, 5.74) is 0.570. The Morgan fingerprint density at radius 3 is 2.37 bits per heavy atom. The maximum absolute atomic E-state index is 12.8. The van der Waals surface area contributed by atoms with Crippen LogP contribution in [0.4, 0.5) is 10.6 Å². The molecule has 2 N–H and O–H groups in total. The third-order valence-corrected chi connectivity index (χ3v) is 4.51. The average molecular weight is 483 g/mol. The lowest BCUT2D eigenvalue weighted by atomic mass is 10.1. The molecule has 0 radical (unpaired) electrons. The molecule has 3 rings (SSSR count). The van der Waals surface area contributed by atoms with E-state index in [1.54, 1.807) is 44.4 Å². The normalized spacial score (nSPS) is 11.4. The third kappa shape index (κ3) is 7.05. The Balaban J connectivity index is 1.84. The Labute approximate surface area is 201 Å². The Hall–Kier alpha value is -4.38. The Bertz CT molecular complexity index is 1190. The smallest absolute Gasteiger partial charge is 0.432 e. The quantitative estimate of drug-likeness (QED) is 0.409. The maximum Gasteiger partial charge on any atom is 0.432 e. The summed E-state index contributed by atoms with van der Waals surface area (Å²) in [4.78, 5) is 35.7. The van der Waals surface area contributed by atoms with Crippen molar-refractivity contribution in [2.24, 2.45) is 0 Å². The largest absolute Gasteiger partial charge is 0.488 e. The molecule has 3 aromatic rings. The number of hydrogen-bond acceptors (Lipinski definition) is 8. The van der Waals surface area contributed by atoms with Gasteiger partial charge in [0.25, 0.3) is 5.91 Å². The monoisotopic (exact) mass is 483 g/mol. The maximum atomic E-state index is 12.8. The minimum Gasteiger partial charge on any atom is -0.488 e. The van der Waals surface area contributed by atoms with E-state index in [1.165, 1.54) is 24.4 Å². The highest BCUT2D eigenvalue weighted by Gasteiger charge is 2.15. The molecule has 11 nitrogen and oxygen atoms in total. The molecule has 0 aliphatic rings. The Kier molecular flexibility index (Phi) is 8.41. The summed E-state index contributed by atoms with van der Waals surface area (Å²) < 4.78 is 22.5. The molecule has 1 amide bonds. The highest BCUT2D eigenvalue weighted by molar-refractivity contribution is 6.04. The first-order valence-corrected chi connectivity index (χ1v) is 10.6. The van der Waals surface area contributed by atoms with Crippen LogP contribution in [-0.4, -0.2) is 59.3 Å². The van der Waals surface area contributed by atoms with Crippen molar-refractivity contribution in [3.8, 4) is 17.2 Å². The van der Waals surface area contributed by atoms with E-state index >= 15 is 0 Å². The highest BCUT2D eigenvalue weighted by atomic mass is 16.5. The number of rotatable bonds is 10. The van der Waals surface area contributed by atoms with Crippen LogP contribution < -0.4 is 14.8 Å². The van der Waals surface area contributed by atoms with Crippen molar-refractivity contribution in [3.05, 3.63) is 65.9 Å². The first-order chi connectivity index (χ1) is 16.8. The molecule has 0 fully saturated rings. The molecule has 0 spiro atoms. The number of hydrogen-bond donors (Lipinski definition) is 2. The second kappa shape index (κ2) is 11.7. The van der Waals surface area contributed by atoms with Gasteiger partial charge in [0, 0.05) is 31.0 Å². The van der Waals surface area contributed by atoms with Crippen molar-refractivity contribution in [2.45, 2.75) is 20.0 Å². The molecule has 0 saturated carbocycles. The fraction of sp³-hybridized carbons (Fsp3) is 0.250. The summed E-state index contributed by atoms with van der Waals surface area (Å²) in [6, 6.07) is 12.3. The summed E-state index contributed by atoms with van der Waals surface area (Å²) in [6.45, 7) is 4.13. The zero-order valence-corrected chi connectivity index (χ0v) is 19.4. The number of amides is 1. The van der Waals surface area contributed by atoms with Gasteiger partial charge in [0.15, 0.2) is 5.82 Å². The molecule has 0 unspecified atom stereocenters. The fourth-order valence-corrected chi connectivity index (χ4v) is 3.03. The molecule has 0 aliphatic heterocycles. The lowest BCUT2D eigenvalue weighted by molar-refractivity contribution is 0.0526. The molecule has 0 aliphatic carbocycles. The second-order valence-electron chi connectivity index (χ2n) is 7.31. The zero-order valence-electron chi connectivity index (χ0n) is 19.4. The van der Waals surface area contributed by atoms with Crippen LogP contribution in [0.25, 0.3) is 0 Å². The molecule has 1 aromatic heterocycles. The Morgan fingerprint density at radius 1 is 1.03 bits per heavy atom. The van der Waals surface area contributed by atoms with Crippen molar-refractivity contribution < 1.29 is 38.4 Å². The lowest BCUT2D eigenvalue weighted by Crippen LogP contribution is -2.19. The van der Waals surface area contributed by atoms with Gasteiger partial charge < -0.3 is 29.4 Å². The molecular weight excluding hydrogens is 458 g/mol. The predicted octanol–water partition coefficient (Wildman–Crippen LogP) is 4.04. The van der Waals surface area contributed by atoms with Crippen LogP contribution in [-0.2, 0) is 9.47 Å². The van der Waals surface area contributed by atoms with Crippen molar-refractivity contribution in [3.63, 3.8) is 0 Å². The molecule has 1 atom stereocenters. The van der Waals surface area contributed by atoms with Gasteiger partial charge in [0.05, 0.1) is 18.8 Å². The number of esters is 1. The Morgan fingerprint density at radius 2 is 1.74 bits per heavy atom. The van der Waals surface area contributed by atoms with Crippen LogP contribution >= 0.6 is 0 Å². The molecule has 11 heteroatoms. The van der Waals surface area contributed by atoms with Crippen molar-refractivity contribution >= 4 is 23.8 Å². The molecular formula is C24H25N3O8. The van der Waals surface area contributed by atoms with E-state index in [1.807, 2.05) is 6.92 Å². The number of benzene rings is 2. The first-order valence-electron chi connectivity index (χ1n) is 10.6. The minimum atomic E-state index is -1.28. The van der Waals surface area contributed by atoms with E-state index in [2.05, 4.69) is 10.4 Å². The van der Waals surface area contributed by atoms with E-state index < -0.39 is 18.0 Å². The number of carboxylic acid groups (broad SMARTS) is 1. The summed E-state index contributed by atoms with van der Waals surface area (Å²) in [6.07, 6.45) is -0.378. The molecule has 2 aromatic carbocycles. The van der Waals surface area contributed by atoms with Crippen LogP contribution in [0.1, 0.15) is 34.6 Å². The number of carbonyl (C=O) groups excluding carboxylic acids is 2. The van der Waals surface area contributed by atoms with Gasteiger partial charge in [0.1, 0.15) is 23.4 Å². The van der Waals surface area contributed by atoms with E-state index in [9.17, 15) is 14.4 Å². The number of aromatic nitrogens is 2. The van der Waals surface area contributed by atoms with Crippen LogP contribution in [0.2, 0.25) is 0 Å². The molecule has 184 valence electrons. The molecule has 35 heavy (non-hydrogen) atoms. The van der Waals surface area contributed by atoms with Gasteiger partial charge in [0.2, 0.25) is 0 Å². The van der Waals surface area contributed by atoms with Gasteiger partial charge in [-0.1, -0.05) is 0 Å². The van der Waals surface area contributed by atoms with Gasteiger partial charge in [-0.15, -0.1) is 5.10 Å². The van der Waals surface area contributed by atoms with Gasteiger partial charge in [-0.2, -0.15) is 4.68 Å². The summed E-state index contributed by atoms with van der Waals surface area (Å²) in [7, 11) is 1.55. The van der Waals surface area contributed by atoms with Crippen LogP contribution in [0.5, 0.6) is 17.2 Å².